The summed E-state index contributed by atoms with van der Waals surface area (Å²) in [5.74, 6) is 0.686. The Morgan fingerprint density at radius 2 is 2.24 bits per heavy atom. The second-order valence-corrected chi connectivity index (χ2v) is 8.02. The number of rotatable bonds is 4. The van der Waals surface area contributed by atoms with Gasteiger partial charge in [0.2, 0.25) is 5.13 Å². The van der Waals surface area contributed by atoms with Crippen molar-refractivity contribution in [2.75, 3.05) is 17.6 Å². The molecule has 5 nitrogen and oxygen atoms in total. The molecule has 1 unspecified atom stereocenters. The third kappa shape index (κ3) is 2.95. The highest BCUT2D eigenvalue weighted by molar-refractivity contribution is 7.92. The Morgan fingerprint density at radius 1 is 1.47 bits per heavy atom. The summed E-state index contributed by atoms with van der Waals surface area (Å²) >= 11 is 1.50. The van der Waals surface area contributed by atoms with E-state index in [2.05, 4.69) is 29.4 Å². The van der Waals surface area contributed by atoms with Gasteiger partial charge in [0.05, 0.1) is 11.0 Å². The van der Waals surface area contributed by atoms with Gasteiger partial charge in [0.15, 0.2) is 9.84 Å². The van der Waals surface area contributed by atoms with E-state index in [0.717, 1.165) is 23.0 Å². The van der Waals surface area contributed by atoms with Gasteiger partial charge in [0.25, 0.3) is 0 Å². The van der Waals surface area contributed by atoms with Gasteiger partial charge in [-0.3, -0.25) is 0 Å². The highest BCUT2D eigenvalue weighted by atomic mass is 32.2. The number of hydrogen-bond donors (Lipinski definition) is 1. The Kier molecular flexibility index (Phi) is 3.67. The van der Waals surface area contributed by atoms with Crippen LogP contribution in [0.2, 0.25) is 0 Å². The average Bonchev–Trinajstić information content (AvgIpc) is 2.81. The lowest BCUT2D eigenvalue weighted by atomic mass is 10.2. The Balaban J connectivity index is 1.94. The molecule has 96 valence electrons. The van der Waals surface area contributed by atoms with Crippen LogP contribution in [0.25, 0.3) is 0 Å². The lowest BCUT2D eigenvalue weighted by molar-refractivity contribution is 0.591. The summed E-state index contributed by atoms with van der Waals surface area (Å²) in [7, 11) is -2.87. The van der Waals surface area contributed by atoms with Gasteiger partial charge in [0, 0.05) is 12.5 Å². The minimum atomic E-state index is -2.87. The van der Waals surface area contributed by atoms with Crippen molar-refractivity contribution in [3.63, 3.8) is 0 Å². The van der Waals surface area contributed by atoms with Crippen molar-refractivity contribution in [2.45, 2.75) is 37.9 Å². The van der Waals surface area contributed by atoms with Crippen LogP contribution >= 0.6 is 11.3 Å². The van der Waals surface area contributed by atoms with Crippen LogP contribution in [0.4, 0.5) is 5.13 Å². The summed E-state index contributed by atoms with van der Waals surface area (Å²) < 4.78 is 23.2. The molecule has 0 amide bonds. The van der Waals surface area contributed by atoms with Crippen LogP contribution in [0, 0.1) is 0 Å². The van der Waals surface area contributed by atoms with Gasteiger partial charge in [-0.15, -0.1) is 10.2 Å². The quantitative estimate of drug-likeness (QED) is 0.904. The zero-order valence-corrected chi connectivity index (χ0v) is 11.6. The number of nitrogens with one attached hydrogen (secondary N) is 1. The van der Waals surface area contributed by atoms with Gasteiger partial charge < -0.3 is 5.32 Å². The first-order valence-electron chi connectivity index (χ1n) is 5.78. The van der Waals surface area contributed by atoms with Crippen LogP contribution in [0.1, 0.15) is 37.6 Å². The molecule has 0 aliphatic carbocycles. The molecule has 2 heterocycles. The maximum Gasteiger partial charge on any atom is 0.205 e. The average molecular weight is 275 g/mol. The van der Waals surface area contributed by atoms with Crippen molar-refractivity contribution in [3.05, 3.63) is 5.01 Å². The van der Waals surface area contributed by atoms with E-state index < -0.39 is 9.84 Å². The number of aromatic nitrogens is 2. The summed E-state index contributed by atoms with van der Waals surface area (Å²) in [6.45, 7) is 4.58. The maximum atomic E-state index is 11.6. The minimum Gasteiger partial charge on any atom is -0.359 e. The third-order valence-electron chi connectivity index (χ3n) is 2.88. The van der Waals surface area contributed by atoms with E-state index in [4.69, 9.17) is 0 Å². The molecule has 0 bridgehead atoms. The fourth-order valence-electron chi connectivity index (χ4n) is 1.83. The maximum absolute atomic E-state index is 11.6. The summed E-state index contributed by atoms with van der Waals surface area (Å²) in [5, 5.41) is 12.6. The van der Waals surface area contributed by atoms with Crippen molar-refractivity contribution in [1.29, 1.82) is 0 Å². The first-order chi connectivity index (χ1) is 7.99. The minimum absolute atomic E-state index is 0.256. The highest BCUT2D eigenvalue weighted by Gasteiger charge is 2.31. The normalized spacial score (nSPS) is 23.1. The Morgan fingerprint density at radius 3 is 2.76 bits per heavy atom. The lowest BCUT2D eigenvalue weighted by Gasteiger charge is -2.08. The highest BCUT2D eigenvalue weighted by Crippen LogP contribution is 2.24. The second kappa shape index (κ2) is 4.89. The largest absolute Gasteiger partial charge is 0.359 e. The second-order valence-electron chi connectivity index (χ2n) is 4.61. The van der Waals surface area contributed by atoms with Crippen molar-refractivity contribution in [1.82, 2.24) is 10.2 Å². The summed E-state index contributed by atoms with van der Waals surface area (Å²) in [6, 6.07) is 0. The van der Waals surface area contributed by atoms with Crippen molar-refractivity contribution in [2.24, 2.45) is 0 Å². The van der Waals surface area contributed by atoms with E-state index in [1.165, 1.54) is 11.3 Å². The van der Waals surface area contributed by atoms with E-state index >= 15 is 0 Å². The standard InChI is InChI=1S/C10H17N3O2S2/c1-7(2)9-12-13-10(16-9)11-6-8-4-3-5-17(8,14)15/h7-8H,3-6H2,1-2H3,(H,11,13). The number of nitrogens with zero attached hydrogens (tertiary/aromatic N) is 2. The summed E-state index contributed by atoms with van der Waals surface area (Å²) in [6.07, 6.45) is 1.53. The zero-order valence-electron chi connectivity index (χ0n) is 10.0. The van der Waals surface area contributed by atoms with E-state index in [9.17, 15) is 8.42 Å². The molecule has 1 N–H and O–H groups in total. The predicted octanol–water partition coefficient (Wildman–Crippen LogP) is 1.65. The van der Waals surface area contributed by atoms with Crippen LogP contribution in [-0.4, -0.2) is 36.2 Å². The fourth-order valence-corrected chi connectivity index (χ4v) is 4.35. The van der Waals surface area contributed by atoms with E-state index in [-0.39, 0.29) is 5.25 Å². The lowest BCUT2D eigenvalue weighted by Crippen LogP contribution is -2.24. The first-order valence-corrected chi connectivity index (χ1v) is 8.31. The molecule has 1 aliphatic heterocycles. The van der Waals surface area contributed by atoms with Gasteiger partial charge in [-0.25, -0.2) is 8.42 Å². The Bertz CT molecular complexity index is 481. The van der Waals surface area contributed by atoms with Crippen LogP contribution in [-0.2, 0) is 9.84 Å². The number of anilines is 1. The smallest absolute Gasteiger partial charge is 0.205 e. The van der Waals surface area contributed by atoms with Crippen molar-refractivity contribution >= 4 is 26.3 Å². The van der Waals surface area contributed by atoms with Gasteiger partial charge in [0.1, 0.15) is 5.01 Å². The molecule has 0 radical (unpaired) electrons. The molecule has 17 heavy (non-hydrogen) atoms. The molecule has 7 heteroatoms. The van der Waals surface area contributed by atoms with Crippen molar-refractivity contribution in [3.8, 4) is 0 Å². The van der Waals surface area contributed by atoms with Gasteiger partial charge in [-0.1, -0.05) is 25.2 Å². The van der Waals surface area contributed by atoms with Gasteiger partial charge >= 0.3 is 0 Å². The summed E-state index contributed by atoms with van der Waals surface area (Å²) in [5.41, 5.74) is 0. The fraction of sp³-hybridized carbons (Fsp3) is 0.800. The molecule has 1 fully saturated rings. The molecule has 2 rings (SSSR count). The molecule has 1 saturated heterocycles. The number of sulfone groups is 1. The molecule has 1 atom stereocenters. The SMILES string of the molecule is CC(C)c1nnc(NCC2CCCS2(=O)=O)s1. The van der Waals surface area contributed by atoms with Crippen LogP contribution in [0.3, 0.4) is 0 Å². The number of hydrogen-bond acceptors (Lipinski definition) is 6. The predicted molar refractivity (Wildman–Crippen MR) is 69.3 cm³/mol. The molecule has 0 saturated carbocycles. The van der Waals surface area contributed by atoms with Crippen molar-refractivity contribution < 1.29 is 8.42 Å². The Labute approximate surface area is 106 Å². The molecule has 1 aromatic heterocycles. The van der Waals surface area contributed by atoms with E-state index in [1.807, 2.05) is 0 Å². The van der Waals surface area contributed by atoms with E-state index in [0.29, 0.717) is 18.2 Å². The topological polar surface area (TPSA) is 72.0 Å². The Hall–Kier alpha value is -0.690. The molecular weight excluding hydrogens is 258 g/mol. The zero-order chi connectivity index (χ0) is 12.5. The molecule has 0 spiro atoms. The van der Waals surface area contributed by atoms with Crippen LogP contribution in [0.15, 0.2) is 0 Å². The first kappa shape index (κ1) is 12.8. The van der Waals surface area contributed by atoms with E-state index in [1.54, 1.807) is 0 Å². The molecular formula is C10H17N3O2S2. The monoisotopic (exact) mass is 275 g/mol. The third-order valence-corrected chi connectivity index (χ3v) is 6.34. The summed E-state index contributed by atoms with van der Waals surface area (Å²) in [4.78, 5) is 0. The molecule has 1 aromatic rings. The molecule has 1 aliphatic rings. The van der Waals surface area contributed by atoms with Crippen LogP contribution < -0.4 is 5.32 Å². The van der Waals surface area contributed by atoms with Crippen LogP contribution in [0.5, 0.6) is 0 Å². The molecule has 0 aromatic carbocycles. The van der Waals surface area contributed by atoms with Gasteiger partial charge in [-0.2, -0.15) is 0 Å². The van der Waals surface area contributed by atoms with Gasteiger partial charge in [-0.05, 0) is 12.8 Å².